The van der Waals surface area contributed by atoms with Gasteiger partial charge in [-0.3, -0.25) is 0 Å². The van der Waals surface area contributed by atoms with Gasteiger partial charge < -0.3 is 19.5 Å². The van der Waals surface area contributed by atoms with Crippen LogP contribution in [0.15, 0.2) is 36.4 Å². The molecule has 0 aliphatic carbocycles. The van der Waals surface area contributed by atoms with Gasteiger partial charge in [0, 0.05) is 44.9 Å². The lowest BCUT2D eigenvalue weighted by Crippen LogP contribution is -2.44. The maximum absolute atomic E-state index is 5.99. The third-order valence-electron chi connectivity index (χ3n) is 4.67. The van der Waals surface area contributed by atoms with Gasteiger partial charge in [-0.2, -0.15) is 4.98 Å². The highest BCUT2D eigenvalue weighted by atomic mass is 16.5. The monoisotopic (exact) mass is 341 g/mol. The van der Waals surface area contributed by atoms with Crippen LogP contribution in [0.3, 0.4) is 0 Å². The number of nitrogens with zero attached hydrogens (tertiary/aromatic N) is 4. The maximum atomic E-state index is 5.99. The van der Waals surface area contributed by atoms with Gasteiger partial charge in [0.15, 0.2) is 0 Å². The quantitative estimate of drug-likeness (QED) is 0.663. The van der Waals surface area contributed by atoms with Crippen molar-refractivity contribution in [3.8, 4) is 5.88 Å². The molecule has 6 heteroatoms. The number of hydrogen-bond acceptors (Lipinski definition) is 6. The molecular formula is C19H27N5O. The molecule has 0 spiro atoms. The lowest BCUT2D eigenvalue weighted by atomic mass is 10.1. The summed E-state index contributed by atoms with van der Waals surface area (Å²) in [6, 6.07) is 12.0. The van der Waals surface area contributed by atoms with Gasteiger partial charge in [0.1, 0.15) is 12.4 Å². The zero-order chi connectivity index (χ0) is 17.8. The molecule has 2 aromatic rings. The molecular weight excluding hydrogens is 314 g/mol. The maximum Gasteiger partial charge on any atom is 0.215 e. The first-order chi connectivity index (χ1) is 12.0. The van der Waals surface area contributed by atoms with Crippen LogP contribution in [0, 0.1) is 6.92 Å². The number of rotatable bonds is 5. The third-order valence-corrected chi connectivity index (χ3v) is 4.67. The summed E-state index contributed by atoms with van der Waals surface area (Å²) in [7, 11) is 3.99. The van der Waals surface area contributed by atoms with E-state index >= 15 is 0 Å². The Hall–Kier alpha value is -2.31. The van der Waals surface area contributed by atoms with Crippen LogP contribution in [0.4, 0.5) is 11.5 Å². The van der Waals surface area contributed by atoms with E-state index < -0.39 is 0 Å². The summed E-state index contributed by atoms with van der Waals surface area (Å²) < 4.78 is 5.99. The minimum Gasteiger partial charge on any atom is -0.473 e. The van der Waals surface area contributed by atoms with Crippen LogP contribution in [0.1, 0.15) is 11.1 Å². The molecule has 0 amide bonds. The fourth-order valence-corrected chi connectivity index (χ4v) is 3.05. The molecule has 0 radical (unpaired) electrons. The number of likely N-dealkylation sites (N-methyl/N-ethyl adjacent to an activating group) is 1. The molecule has 1 aromatic carbocycles. The van der Waals surface area contributed by atoms with Crippen molar-refractivity contribution < 1.29 is 4.74 Å². The standard InChI is InChI=1S/C19H27N5O/c1-15-6-4-7-17(23(3)20)16(15)14-25-19-9-5-8-18(21-19)24-12-10-22(2)11-13-24/h4-9H,10-14,20H2,1-3H3. The van der Waals surface area contributed by atoms with E-state index in [-0.39, 0.29) is 0 Å². The molecule has 6 nitrogen and oxygen atoms in total. The lowest BCUT2D eigenvalue weighted by molar-refractivity contribution is 0.291. The number of anilines is 2. The molecule has 0 bridgehead atoms. The molecule has 1 aromatic heterocycles. The van der Waals surface area contributed by atoms with Crippen molar-refractivity contribution in [3.05, 3.63) is 47.5 Å². The van der Waals surface area contributed by atoms with Crippen molar-refractivity contribution in [2.75, 3.05) is 50.2 Å². The van der Waals surface area contributed by atoms with E-state index in [1.165, 1.54) is 0 Å². The van der Waals surface area contributed by atoms with E-state index in [4.69, 9.17) is 10.6 Å². The number of aryl methyl sites for hydroxylation is 1. The van der Waals surface area contributed by atoms with E-state index in [2.05, 4.69) is 34.8 Å². The van der Waals surface area contributed by atoms with Gasteiger partial charge >= 0.3 is 0 Å². The lowest BCUT2D eigenvalue weighted by Gasteiger charge is -2.33. The van der Waals surface area contributed by atoms with Crippen LogP contribution in [-0.4, -0.2) is 50.2 Å². The second-order valence-electron chi connectivity index (χ2n) is 6.60. The third kappa shape index (κ3) is 4.21. The Bertz CT molecular complexity index is 711. The molecule has 2 heterocycles. The second-order valence-corrected chi connectivity index (χ2v) is 6.60. The number of benzene rings is 1. The number of pyridine rings is 1. The van der Waals surface area contributed by atoms with E-state index in [1.807, 2.05) is 37.4 Å². The summed E-state index contributed by atoms with van der Waals surface area (Å²) in [4.78, 5) is 9.32. The van der Waals surface area contributed by atoms with Crippen LogP contribution in [0.2, 0.25) is 0 Å². The van der Waals surface area contributed by atoms with Gasteiger partial charge in [-0.05, 0) is 31.7 Å². The Morgan fingerprint density at radius 1 is 1.12 bits per heavy atom. The van der Waals surface area contributed by atoms with E-state index in [1.54, 1.807) is 5.01 Å². The van der Waals surface area contributed by atoms with Crippen molar-refractivity contribution in [2.45, 2.75) is 13.5 Å². The fourth-order valence-electron chi connectivity index (χ4n) is 3.05. The zero-order valence-corrected chi connectivity index (χ0v) is 15.3. The number of hydrogen-bond donors (Lipinski definition) is 1. The predicted molar refractivity (Wildman–Crippen MR) is 102 cm³/mol. The molecule has 0 unspecified atom stereocenters. The summed E-state index contributed by atoms with van der Waals surface area (Å²) in [6.07, 6.45) is 0. The van der Waals surface area contributed by atoms with E-state index in [0.717, 1.165) is 48.8 Å². The van der Waals surface area contributed by atoms with Gasteiger partial charge in [-0.25, -0.2) is 5.84 Å². The number of ether oxygens (including phenoxy) is 1. The van der Waals surface area contributed by atoms with Gasteiger partial charge in [0.2, 0.25) is 5.88 Å². The first-order valence-electron chi connectivity index (χ1n) is 8.65. The smallest absolute Gasteiger partial charge is 0.215 e. The summed E-state index contributed by atoms with van der Waals surface area (Å²) in [5, 5.41) is 1.62. The van der Waals surface area contributed by atoms with Crippen molar-refractivity contribution in [1.82, 2.24) is 9.88 Å². The Balaban J connectivity index is 1.71. The van der Waals surface area contributed by atoms with E-state index in [9.17, 15) is 0 Å². The number of nitrogens with two attached hydrogens (primary N) is 1. The van der Waals surface area contributed by atoms with Crippen LogP contribution in [0.25, 0.3) is 0 Å². The molecule has 1 aliphatic rings. The topological polar surface area (TPSA) is 57.9 Å². The molecule has 134 valence electrons. The average molecular weight is 341 g/mol. The minimum atomic E-state index is 0.447. The first-order valence-corrected chi connectivity index (χ1v) is 8.65. The molecule has 1 fully saturated rings. The largest absolute Gasteiger partial charge is 0.473 e. The van der Waals surface area contributed by atoms with Crippen molar-refractivity contribution in [2.24, 2.45) is 5.84 Å². The second kappa shape index (κ2) is 7.72. The van der Waals surface area contributed by atoms with Crippen LogP contribution in [-0.2, 0) is 6.61 Å². The highest BCUT2D eigenvalue weighted by Gasteiger charge is 2.16. The molecule has 1 aliphatic heterocycles. The summed E-state index contributed by atoms with van der Waals surface area (Å²) in [5.41, 5.74) is 3.21. The van der Waals surface area contributed by atoms with Crippen LogP contribution >= 0.6 is 0 Å². The molecule has 3 rings (SSSR count). The Labute approximate surface area is 149 Å². The normalized spacial score (nSPS) is 15.3. The van der Waals surface area contributed by atoms with Crippen molar-refractivity contribution in [1.29, 1.82) is 0 Å². The Kier molecular flexibility index (Phi) is 5.40. The number of piperazine rings is 1. The highest BCUT2D eigenvalue weighted by molar-refractivity contribution is 5.55. The van der Waals surface area contributed by atoms with Gasteiger partial charge in [-0.1, -0.05) is 18.2 Å². The molecule has 0 saturated carbocycles. The molecule has 1 saturated heterocycles. The predicted octanol–water partition coefficient (Wildman–Crippen LogP) is 2.03. The zero-order valence-electron chi connectivity index (χ0n) is 15.3. The fraction of sp³-hybridized carbons (Fsp3) is 0.421. The average Bonchev–Trinajstić information content (AvgIpc) is 2.61. The summed E-state index contributed by atoms with van der Waals surface area (Å²) in [5.74, 6) is 7.56. The number of hydrazine groups is 1. The van der Waals surface area contributed by atoms with Gasteiger partial charge in [0.25, 0.3) is 0 Å². The highest BCUT2D eigenvalue weighted by Crippen LogP contribution is 2.24. The number of aromatic nitrogens is 1. The van der Waals surface area contributed by atoms with Crippen LogP contribution in [0.5, 0.6) is 5.88 Å². The summed E-state index contributed by atoms with van der Waals surface area (Å²) >= 11 is 0. The van der Waals surface area contributed by atoms with E-state index in [0.29, 0.717) is 12.5 Å². The Morgan fingerprint density at radius 2 is 1.84 bits per heavy atom. The molecule has 2 N–H and O–H groups in total. The molecule has 25 heavy (non-hydrogen) atoms. The summed E-state index contributed by atoms with van der Waals surface area (Å²) in [6.45, 7) is 6.62. The van der Waals surface area contributed by atoms with Gasteiger partial charge in [-0.15, -0.1) is 0 Å². The van der Waals surface area contributed by atoms with Crippen molar-refractivity contribution in [3.63, 3.8) is 0 Å². The van der Waals surface area contributed by atoms with Gasteiger partial charge in [0.05, 0.1) is 5.69 Å². The minimum absolute atomic E-state index is 0.447. The SMILES string of the molecule is Cc1cccc(N(C)N)c1COc1cccc(N2CCN(C)CC2)n1. The van der Waals surface area contributed by atoms with Crippen molar-refractivity contribution >= 4 is 11.5 Å². The molecule has 0 atom stereocenters. The Morgan fingerprint density at radius 3 is 2.56 bits per heavy atom. The first kappa shape index (κ1) is 17.5. The van der Waals surface area contributed by atoms with Crippen LogP contribution < -0.4 is 20.5 Å².